The van der Waals surface area contributed by atoms with Crippen molar-refractivity contribution in [2.75, 3.05) is 19.7 Å². The van der Waals surface area contributed by atoms with Gasteiger partial charge in [0, 0.05) is 31.8 Å². The molecule has 3 N–H and O–H groups in total. The highest BCUT2D eigenvalue weighted by atomic mass is 16.6. The Morgan fingerprint density at radius 2 is 1.96 bits per heavy atom. The first-order valence-electron chi connectivity index (χ1n) is 10.6. The molecule has 3 fully saturated rings. The van der Waals surface area contributed by atoms with Crippen molar-refractivity contribution in [3.05, 3.63) is 0 Å². The topological polar surface area (TPSA) is 93.9 Å². The molecule has 2 amide bonds. The molecular formula is C21H37N3O4. The lowest BCUT2D eigenvalue weighted by Gasteiger charge is -2.37. The van der Waals surface area contributed by atoms with Gasteiger partial charge in [-0.3, -0.25) is 4.79 Å². The lowest BCUT2D eigenvalue weighted by Crippen LogP contribution is -2.52. The Bertz CT molecular complexity index is 615. The van der Waals surface area contributed by atoms with Crippen molar-refractivity contribution in [3.8, 4) is 0 Å². The largest absolute Gasteiger partial charge is 0.444 e. The van der Waals surface area contributed by atoms with Gasteiger partial charge in [0.25, 0.3) is 0 Å². The van der Waals surface area contributed by atoms with E-state index in [1.807, 2.05) is 20.8 Å². The van der Waals surface area contributed by atoms with E-state index in [-0.39, 0.29) is 41.0 Å². The summed E-state index contributed by atoms with van der Waals surface area (Å²) in [4.78, 5) is 27.0. The van der Waals surface area contributed by atoms with E-state index in [4.69, 9.17) is 15.2 Å². The van der Waals surface area contributed by atoms with Crippen LogP contribution in [-0.4, -0.2) is 59.9 Å². The van der Waals surface area contributed by atoms with Crippen LogP contribution in [0.2, 0.25) is 0 Å². The molecule has 7 nitrogen and oxygen atoms in total. The number of piperidine rings is 1. The highest BCUT2D eigenvalue weighted by Gasteiger charge is 2.58. The molecule has 1 saturated carbocycles. The van der Waals surface area contributed by atoms with Crippen LogP contribution < -0.4 is 11.1 Å². The predicted molar refractivity (Wildman–Crippen MR) is 107 cm³/mol. The monoisotopic (exact) mass is 395 g/mol. The van der Waals surface area contributed by atoms with Crippen LogP contribution in [0, 0.1) is 11.3 Å². The van der Waals surface area contributed by atoms with Crippen LogP contribution in [-0.2, 0) is 14.3 Å². The third kappa shape index (κ3) is 4.30. The summed E-state index contributed by atoms with van der Waals surface area (Å²) in [7, 11) is 0. The van der Waals surface area contributed by atoms with Crippen LogP contribution >= 0.6 is 0 Å². The van der Waals surface area contributed by atoms with Gasteiger partial charge in [0.2, 0.25) is 5.91 Å². The first-order chi connectivity index (χ1) is 12.9. The first-order valence-corrected chi connectivity index (χ1v) is 10.6. The van der Waals surface area contributed by atoms with Crippen LogP contribution in [0.1, 0.15) is 66.7 Å². The number of hydrogen-bond acceptors (Lipinski definition) is 5. The van der Waals surface area contributed by atoms with Crippen molar-refractivity contribution in [1.29, 1.82) is 0 Å². The fourth-order valence-electron chi connectivity index (χ4n) is 4.89. The maximum Gasteiger partial charge on any atom is 0.410 e. The van der Waals surface area contributed by atoms with Crippen LogP contribution in [0.3, 0.4) is 0 Å². The van der Waals surface area contributed by atoms with Crippen molar-refractivity contribution in [2.45, 2.75) is 90.0 Å². The molecule has 160 valence electrons. The molecule has 1 aliphatic carbocycles. The van der Waals surface area contributed by atoms with E-state index in [0.29, 0.717) is 19.5 Å². The number of carbonyl (C=O) groups is 2. The molecule has 28 heavy (non-hydrogen) atoms. The van der Waals surface area contributed by atoms with Crippen molar-refractivity contribution in [1.82, 2.24) is 10.2 Å². The molecule has 4 atom stereocenters. The summed E-state index contributed by atoms with van der Waals surface area (Å²) < 4.78 is 11.6. The number of nitrogens with two attached hydrogens (primary N) is 1. The normalized spacial score (nSPS) is 35.2. The van der Waals surface area contributed by atoms with Gasteiger partial charge in [0.15, 0.2) is 0 Å². The number of nitrogens with zero attached hydrogens (tertiary/aromatic N) is 1. The van der Waals surface area contributed by atoms with Gasteiger partial charge < -0.3 is 25.4 Å². The highest BCUT2D eigenvalue weighted by Crippen LogP contribution is 2.53. The minimum atomic E-state index is -0.522. The third-order valence-electron chi connectivity index (χ3n) is 6.73. The van der Waals surface area contributed by atoms with E-state index in [2.05, 4.69) is 19.2 Å². The highest BCUT2D eigenvalue weighted by molar-refractivity contribution is 5.80. The van der Waals surface area contributed by atoms with Crippen molar-refractivity contribution < 1.29 is 19.1 Å². The molecule has 2 saturated heterocycles. The van der Waals surface area contributed by atoms with Gasteiger partial charge >= 0.3 is 6.09 Å². The van der Waals surface area contributed by atoms with E-state index in [1.165, 1.54) is 0 Å². The van der Waals surface area contributed by atoms with Crippen molar-refractivity contribution in [2.24, 2.45) is 17.1 Å². The molecule has 2 heterocycles. The van der Waals surface area contributed by atoms with E-state index in [1.54, 1.807) is 4.90 Å². The second-order valence-corrected chi connectivity index (χ2v) is 10.4. The number of rotatable bonds is 2. The Balaban J connectivity index is 1.58. The van der Waals surface area contributed by atoms with Gasteiger partial charge in [-0.05, 0) is 58.3 Å². The summed E-state index contributed by atoms with van der Waals surface area (Å²) in [6.07, 6.45) is 3.80. The number of ether oxygens (including phenoxy) is 2. The standard InChI is InChI=1S/C21H37N3O4/c1-19(2,3)28-18(26)24-9-6-7-14(13-24)23-17(25)15-11-21(12-16(15)22)20(4,5)8-10-27-21/h14-16H,6-13,22H2,1-5H3,(H,23,25)/t14-,15-,16-,21-/m0/s1. The van der Waals surface area contributed by atoms with Crippen LogP contribution in [0.15, 0.2) is 0 Å². The van der Waals surface area contributed by atoms with Crippen molar-refractivity contribution in [3.63, 3.8) is 0 Å². The summed E-state index contributed by atoms with van der Waals surface area (Å²) in [5.74, 6) is -0.249. The van der Waals surface area contributed by atoms with Crippen LogP contribution in [0.4, 0.5) is 4.79 Å². The van der Waals surface area contributed by atoms with E-state index in [9.17, 15) is 9.59 Å². The second-order valence-electron chi connectivity index (χ2n) is 10.4. The predicted octanol–water partition coefficient (Wildman–Crippen LogP) is 2.42. The Morgan fingerprint density at radius 3 is 2.57 bits per heavy atom. The lowest BCUT2D eigenvalue weighted by molar-refractivity contribution is -0.127. The average Bonchev–Trinajstić information content (AvgIpc) is 3.05. The summed E-state index contributed by atoms with van der Waals surface area (Å²) in [6.45, 7) is 11.9. The minimum Gasteiger partial charge on any atom is -0.444 e. The molecule has 3 rings (SSSR count). The van der Waals surface area contributed by atoms with E-state index in [0.717, 1.165) is 32.3 Å². The Morgan fingerprint density at radius 1 is 1.25 bits per heavy atom. The Kier molecular flexibility index (Phi) is 5.71. The molecule has 0 aromatic heterocycles. The molecule has 1 spiro atoms. The smallest absolute Gasteiger partial charge is 0.410 e. The zero-order valence-corrected chi connectivity index (χ0v) is 18.0. The molecule has 0 aromatic rings. The summed E-state index contributed by atoms with van der Waals surface area (Å²) in [5.41, 5.74) is 5.61. The van der Waals surface area contributed by atoms with Gasteiger partial charge in [-0.15, -0.1) is 0 Å². The van der Waals surface area contributed by atoms with Gasteiger partial charge in [0.1, 0.15) is 5.60 Å². The molecular weight excluding hydrogens is 358 g/mol. The second kappa shape index (κ2) is 7.48. The SMILES string of the molecule is CC(C)(C)OC(=O)N1CCC[C@H](NC(=O)[C@H]2C[C@@]3(C[C@@H]2N)OCCC3(C)C)C1. The average molecular weight is 396 g/mol. The lowest BCUT2D eigenvalue weighted by atomic mass is 9.73. The first kappa shape index (κ1) is 21.4. The van der Waals surface area contributed by atoms with E-state index >= 15 is 0 Å². The number of nitrogens with one attached hydrogen (secondary N) is 1. The maximum atomic E-state index is 13.0. The fraction of sp³-hybridized carbons (Fsp3) is 0.905. The molecule has 2 aliphatic heterocycles. The van der Waals surface area contributed by atoms with Crippen LogP contribution in [0.25, 0.3) is 0 Å². The quantitative estimate of drug-likeness (QED) is 0.749. The Hall–Kier alpha value is -1.34. The van der Waals surface area contributed by atoms with Gasteiger partial charge in [-0.1, -0.05) is 13.8 Å². The van der Waals surface area contributed by atoms with Gasteiger partial charge in [-0.2, -0.15) is 0 Å². The molecule has 7 heteroatoms. The molecule has 0 radical (unpaired) electrons. The van der Waals surface area contributed by atoms with Gasteiger partial charge in [-0.25, -0.2) is 4.79 Å². The fourth-order valence-corrected chi connectivity index (χ4v) is 4.89. The minimum absolute atomic E-state index is 0.00767. The molecule has 0 unspecified atom stereocenters. The summed E-state index contributed by atoms with van der Waals surface area (Å²) in [6, 6.07) is -0.252. The zero-order chi connectivity index (χ0) is 20.7. The zero-order valence-electron chi connectivity index (χ0n) is 18.0. The number of hydrogen-bond donors (Lipinski definition) is 2. The van der Waals surface area contributed by atoms with Gasteiger partial charge in [0.05, 0.1) is 11.5 Å². The third-order valence-corrected chi connectivity index (χ3v) is 6.73. The number of carbonyl (C=O) groups excluding carboxylic acids is 2. The van der Waals surface area contributed by atoms with E-state index < -0.39 is 5.60 Å². The molecule has 0 bridgehead atoms. The van der Waals surface area contributed by atoms with Crippen LogP contribution in [0.5, 0.6) is 0 Å². The summed E-state index contributed by atoms with van der Waals surface area (Å²) >= 11 is 0. The maximum absolute atomic E-state index is 13.0. The number of likely N-dealkylation sites (tertiary alicyclic amines) is 1. The Labute approximate surface area is 168 Å². The summed E-state index contributed by atoms with van der Waals surface area (Å²) in [5, 5.41) is 3.15. The molecule has 3 aliphatic rings. The number of amides is 2. The molecule has 0 aromatic carbocycles. The van der Waals surface area contributed by atoms with Crippen molar-refractivity contribution >= 4 is 12.0 Å².